The Labute approximate surface area is 211 Å². The van der Waals surface area contributed by atoms with Crippen LogP contribution in [0.25, 0.3) is 11.0 Å². The number of carbonyl (C=O) groups excluding carboxylic acids is 2. The Morgan fingerprint density at radius 3 is 2.69 bits per heavy atom. The van der Waals surface area contributed by atoms with Gasteiger partial charge >= 0.3 is 6.09 Å². The smallest absolute Gasteiger partial charge is 0.414 e. The van der Waals surface area contributed by atoms with Crippen LogP contribution in [0.2, 0.25) is 5.02 Å². The number of benzene rings is 1. The standard InChI is InChI=1S/C26H34ClN3O5/c1-3-5-6-12-30(26(32)34-4-2)23-21-17-20(27)9-10-22(21)35-25(23)24(31)19(18-28)8-7-11-29-13-15-33-16-14-29/h7-10,17-18H,3-6,11-16,28H2,1-2H3. The molecule has 0 bridgehead atoms. The summed E-state index contributed by atoms with van der Waals surface area (Å²) in [7, 11) is 0. The van der Waals surface area contributed by atoms with E-state index in [0.717, 1.165) is 32.4 Å². The summed E-state index contributed by atoms with van der Waals surface area (Å²) in [5.74, 6) is -0.391. The van der Waals surface area contributed by atoms with Crippen LogP contribution in [0, 0.1) is 0 Å². The molecule has 35 heavy (non-hydrogen) atoms. The first-order valence-corrected chi connectivity index (χ1v) is 12.5. The summed E-state index contributed by atoms with van der Waals surface area (Å²) in [5, 5.41) is 1.04. The lowest BCUT2D eigenvalue weighted by atomic mass is 10.1. The Morgan fingerprint density at radius 2 is 2.00 bits per heavy atom. The number of amides is 1. The van der Waals surface area contributed by atoms with E-state index in [0.29, 0.717) is 48.0 Å². The number of allylic oxidation sites excluding steroid dienone is 2. The molecule has 0 atom stereocenters. The highest BCUT2D eigenvalue weighted by molar-refractivity contribution is 6.31. The van der Waals surface area contributed by atoms with E-state index in [1.54, 1.807) is 31.2 Å². The molecular weight excluding hydrogens is 470 g/mol. The molecule has 1 aliphatic rings. The van der Waals surface area contributed by atoms with E-state index in [1.165, 1.54) is 11.1 Å². The average Bonchev–Trinajstić information content (AvgIpc) is 3.23. The van der Waals surface area contributed by atoms with Crippen LogP contribution < -0.4 is 10.6 Å². The third-order valence-corrected chi connectivity index (χ3v) is 6.02. The van der Waals surface area contributed by atoms with Crippen molar-refractivity contribution in [2.75, 3.05) is 50.9 Å². The Kier molecular flexibility index (Phi) is 10.2. The van der Waals surface area contributed by atoms with Gasteiger partial charge in [0.2, 0.25) is 5.78 Å². The summed E-state index contributed by atoms with van der Waals surface area (Å²) in [4.78, 5) is 30.3. The van der Waals surface area contributed by atoms with Crippen LogP contribution in [-0.2, 0) is 9.47 Å². The number of carbonyl (C=O) groups is 2. The second-order valence-corrected chi connectivity index (χ2v) is 8.68. The van der Waals surface area contributed by atoms with Gasteiger partial charge in [0.15, 0.2) is 5.76 Å². The molecule has 0 saturated carbocycles. The summed E-state index contributed by atoms with van der Waals surface area (Å²) in [5.41, 5.74) is 6.91. The first-order valence-electron chi connectivity index (χ1n) is 12.1. The maximum atomic E-state index is 13.6. The van der Waals surface area contributed by atoms with Gasteiger partial charge in [-0.2, -0.15) is 0 Å². The molecule has 0 spiro atoms. The van der Waals surface area contributed by atoms with Crippen LogP contribution >= 0.6 is 11.6 Å². The van der Waals surface area contributed by atoms with E-state index in [9.17, 15) is 9.59 Å². The van der Waals surface area contributed by atoms with Crippen molar-refractivity contribution in [2.45, 2.75) is 33.1 Å². The molecular formula is C26H34ClN3O5. The number of unbranched alkanes of at least 4 members (excludes halogenated alkanes) is 2. The normalized spacial score (nSPS) is 15.1. The lowest BCUT2D eigenvalue weighted by Crippen LogP contribution is -2.36. The number of anilines is 1. The number of ketones is 1. The van der Waals surface area contributed by atoms with Crippen molar-refractivity contribution in [1.29, 1.82) is 0 Å². The second-order valence-electron chi connectivity index (χ2n) is 8.24. The summed E-state index contributed by atoms with van der Waals surface area (Å²) >= 11 is 6.27. The van der Waals surface area contributed by atoms with Gasteiger partial charge in [-0.1, -0.05) is 43.5 Å². The lowest BCUT2D eigenvalue weighted by Gasteiger charge is -2.25. The van der Waals surface area contributed by atoms with Crippen molar-refractivity contribution >= 4 is 40.1 Å². The topological polar surface area (TPSA) is 98.2 Å². The molecule has 1 saturated heterocycles. The molecule has 0 aliphatic carbocycles. The number of nitrogens with zero attached hydrogens (tertiary/aromatic N) is 2. The molecule has 190 valence electrons. The number of rotatable bonds is 11. The number of hydrogen-bond donors (Lipinski definition) is 1. The summed E-state index contributed by atoms with van der Waals surface area (Å²) in [6, 6.07) is 5.06. The minimum Gasteiger partial charge on any atom is -0.450 e. The predicted octanol–water partition coefficient (Wildman–Crippen LogP) is 5.15. The van der Waals surface area contributed by atoms with Crippen LogP contribution in [0.15, 0.2) is 46.5 Å². The number of nitrogens with two attached hydrogens (primary N) is 1. The molecule has 2 N–H and O–H groups in total. The second kappa shape index (κ2) is 13.3. The van der Waals surface area contributed by atoms with Crippen LogP contribution in [0.1, 0.15) is 43.7 Å². The largest absolute Gasteiger partial charge is 0.450 e. The van der Waals surface area contributed by atoms with Crippen LogP contribution in [0.5, 0.6) is 0 Å². The molecule has 1 aromatic carbocycles. The maximum Gasteiger partial charge on any atom is 0.414 e. The Bertz CT molecular complexity index is 1070. The average molecular weight is 504 g/mol. The predicted molar refractivity (Wildman–Crippen MR) is 138 cm³/mol. The molecule has 1 aromatic heterocycles. The van der Waals surface area contributed by atoms with Gasteiger partial charge in [-0.05, 0) is 31.5 Å². The molecule has 1 fully saturated rings. The third kappa shape index (κ3) is 6.87. The quantitative estimate of drug-likeness (QED) is 0.196. The SMILES string of the molecule is CCCCCN(C(=O)OCC)c1c(C(=O)C(C=CCN2CCOCC2)=CN)oc2ccc(Cl)cc12. The fraction of sp³-hybridized carbons (Fsp3) is 0.462. The summed E-state index contributed by atoms with van der Waals surface area (Å²) in [6.07, 6.45) is 6.95. The highest BCUT2D eigenvalue weighted by Crippen LogP contribution is 2.37. The van der Waals surface area contributed by atoms with Crippen molar-refractivity contribution in [3.05, 3.63) is 52.9 Å². The van der Waals surface area contributed by atoms with Crippen molar-refractivity contribution in [3.8, 4) is 0 Å². The van der Waals surface area contributed by atoms with E-state index in [4.69, 9.17) is 31.2 Å². The zero-order valence-electron chi connectivity index (χ0n) is 20.4. The van der Waals surface area contributed by atoms with Crippen molar-refractivity contribution in [1.82, 2.24) is 4.90 Å². The van der Waals surface area contributed by atoms with Gasteiger partial charge in [-0.15, -0.1) is 0 Å². The van der Waals surface area contributed by atoms with E-state index in [2.05, 4.69) is 11.8 Å². The molecule has 8 nitrogen and oxygen atoms in total. The number of Topliss-reactive ketones (excluding diaryl/α,β-unsaturated/α-hetero) is 1. The van der Waals surface area contributed by atoms with Gasteiger partial charge in [-0.25, -0.2) is 4.79 Å². The Hall–Kier alpha value is -2.81. The van der Waals surface area contributed by atoms with Crippen molar-refractivity contribution < 1.29 is 23.5 Å². The number of hydrogen-bond acceptors (Lipinski definition) is 7. The van der Waals surface area contributed by atoms with Gasteiger partial charge < -0.3 is 19.6 Å². The monoisotopic (exact) mass is 503 g/mol. The fourth-order valence-electron chi connectivity index (χ4n) is 3.94. The van der Waals surface area contributed by atoms with Gasteiger partial charge in [0.05, 0.1) is 19.8 Å². The molecule has 3 rings (SSSR count). The van der Waals surface area contributed by atoms with Crippen LogP contribution in [-0.4, -0.2) is 62.8 Å². The molecule has 0 radical (unpaired) electrons. The zero-order chi connectivity index (χ0) is 25.2. The molecule has 2 heterocycles. The van der Waals surface area contributed by atoms with Gasteiger partial charge in [0.25, 0.3) is 0 Å². The first-order chi connectivity index (χ1) is 17.0. The Morgan fingerprint density at radius 1 is 1.23 bits per heavy atom. The number of furan rings is 1. The summed E-state index contributed by atoms with van der Waals surface area (Å²) in [6.45, 7) is 8.14. The van der Waals surface area contributed by atoms with E-state index in [1.807, 2.05) is 6.08 Å². The molecule has 9 heteroatoms. The van der Waals surface area contributed by atoms with Gasteiger partial charge in [-0.3, -0.25) is 14.6 Å². The number of halogens is 1. The zero-order valence-corrected chi connectivity index (χ0v) is 21.2. The molecule has 2 aromatic rings. The maximum absolute atomic E-state index is 13.6. The lowest BCUT2D eigenvalue weighted by molar-refractivity contribution is 0.0434. The third-order valence-electron chi connectivity index (χ3n) is 5.78. The van der Waals surface area contributed by atoms with Crippen molar-refractivity contribution in [2.24, 2.45) is 5.73 Å². The first kappa shape index (κ1) is 26.8. The van der Waals surface area contributed by atoms with Crippen LogP contribution in [0.4, 0.5) is 10.5 Å². The molecule has 0 unspecified atom stereocenters. The van der Waals surface area contributed by atoms with Crippen molar-refractivity contribution in [3.63, 3.8) is 0 Å². The summed E-state index contributed by atoms with van der Waals surface area (Å²) < 4.78 is 16.7. The number of ether oxygens (including phenoxy) is 2. The minimum atomic E-state index is -0.540. The highest BCUT2D eigenvalue weighted by atomic mass is 35.5. The van der Waals surface area contributed by atoms with E-state index >= 15 is 0 Å². The minimum absolute atomic E-state index is 0.0274. The Balaban J connectivity index is 1.98. The molecule has 1 aliphatic heterocycles. The number of fused-ring (bicyclic) bond motifs is 1. The van der Waals surface area contributed by atoms with Gasteiger partial charge in [0, 0.05) is 48.4 Å². The van der Waals surface area contributed by atoms with Gasteiger partial charge in [0.1, 0.15) is 11.3 Å². The van der Waals surface area contributed by atoms with E-state index < -0.39 is 11.9 Å². The van der Waals surface area contributed by atoms with E-state index in [-0.39, 0.29) is 17.9 Å². The number of morpholine rings is 1. The molecule has 1 amide bonds. The van der Waals surface area contributed by atoms with Crippen LogP contribution in [0.3, 0.4) is 0 Å². The fourth-order valence-corrected chi connectivity index (χ4v) is 4.12. The highest BCUT2D eigenvalue weighted by Gasteiger charge is 2.30.